The van der Waals surface area contributed by atoms with E-state index < -0.39 is 5.97 Å². The van der Waals surface area contributed by atoms with Crippen molar-refractivity contribution in [3.63, 3.8) is 0 Å². The number of aryl methyl sites for hydroxylation is 1. The van der Waals surface area contributed by atoms with E-state index >= 15 is 0 Å². The van der Waals surface area contributed by atoms with Crippen LogP contribution < -0.4 is 5.73 Å². The average molecular weight is 246 g/mol. The van der Waals surface area contributed by atoms with E-state index in [9.17, 15) is 4.79 Å². The highest BCUT2D eigenvalue weighted by molar-refractivity contribution is 5.96. The van der Waals surface area contributed by atoms with Gasteiger partial charge in [0.05, 0.1) is 23.8 Å². The normalized spacial score (nSPS) is 9.83. The average Bonchev–Trinajstić information content (AvgIpc) is 2.37. The van der Waals surface area contributed by atoms with Crippen LogP contribution in [0, 0.1) is 18.3 Å². The van der Waals surface area contributed by atoms with Crippen LogP contribution in [0.2, 0.25) is 0 Å². The Hall–Kier alpha value is -2.02. The molecule has 1 rings (SSSR count). The molecule has 4 nitrogen and oxygen atoms in total. The summed E-state index contributed by atoms with van der Waals surface area (Å²) in [7, 11) is 0. The van der Waals surface area contributed by atoms with E-state index in [1.54, 1.807) is 13.0 Å². The van der Waals surface area contributed by atoms with Crippen LogP contribution >= 0.6 is 0 Å². The molecule has 0 bridgehead atoms. The van der Waals surface area contributed by atoms with E-state index in [0.717, 1.165) is 24.8 Å². The van der Waals surface area contributed by atoms with E-state index in [1.807, 2.05) is 6.07 Å². The zero-order valence-corrected chi connectivity index (χ0v) is 10.8. The minimum atomic E-state index is -0.455. The maximum absolute atomic E-state index is 11.8. The first-order valence-corrected chi connectivity index (χ1v) is 6.07. The van der Waals surface area contributed by atoms with Gasteiger partial charge < -0.3 is 10.5 Å². The lowest BCUT2D eigenvalue weighted by Gasteiger charge is -2.09. The smallest absolute Gasteiger partial charge is 0.340 e. The Balaban J connectivity index is 2.79. The first-order chi connectivity index (χ1) is 8.60. The van der Waals surface area contributed by atoms with Crippen molar-refractivity contribution in [3.05, 3.63) is 28.8 Å². The van der Waals surface area contributed by atoms with Gasteiger partial charge in [0.25, 0.3) is 0 Å². The van der Waals surface area contributed by atoms with Crippen molar-refractivity contribution >= 4 is 11.7 Å². The van der Waals surface area contributed by atoms with E-state index in [2.05, 4.69) is 6.92 Å². The Kier molecular flexibility index (Phi) is 5.19. The molecule has 4 heteroatoms. The minimum absolute atomic E-state index is 0.281. The SMILES string of the molecule is CCCCCOC(=O)c1cc(C#N)cc(C)c1N. The molecular weight excluding hydrogens is 228 g/mol. The second kappa shape index (κ2) is 6.65. The zero-order chi connectivity index (χ0) is 13.5. The summed E-state index contributed by atoms with van der Waals surface area (Å²) >= 11 is 0. The number of hydrogen-bond donors (Lipinski definition) is 1. The molecule has 0 aliphatic carbocycles. The molecule has 0 aromatic heterocycles. The zero-order valence-electron chi connectivity index (χ0n) is 10.8. The molecular formula is C14H18N2O2. The summed E-state index contributed by atoms with van der Waals surface area (Å²) in [4.78, 5) is 11.8. The van der Waals surface area contributed by atoms with Crippen LogP contribution in [0.1, 0.15) is 47.7 Å². The maximum Gasteiger partial charge on any atom is 0.340 e. The molecule has 0 fully saturated rings. The Labute approximate surface area is 107 Å². The number of anilines is 1. The topological polar surface area (TPSA) is 76.1 Å². The second-order valence-corrected chi connectivity index (χ2v) is 4.21. The number of hydrogen-bond acceptors (Lipinski definition) is 4. The van der Waals surface area contributed by atoms with Crippen LogP contribution in [0.5, 0.6) is 0 Å². The largest absolute Gasteiger partial charge is 0.462 e. The van der Waals surface area contributed by atoms with Crippen molar-refractivity contribution in [2.75, 3.05) is 12.3 Å². The molecule has 0 unspecified atom stereocenters. The van der Waals surface area contributed by atoms with Crippen molar-refractivity contribution in [1.82, 2.24) is 0 Å². The van der Waals surface area contributed by atoms with Gasteiger partial charge in [-0.05, 0) is 31.0 Å². The lowest BCUT2D eigenvalue weighted by molar-refractivity contribution is 0.0499. The molecule has 0 atom stereocenters. The van der Waals surface area contributed by atoms with Crippen molar-refractivity contribution < 1.29 is 9.53 Å². The fraction of sp³-hybridized carbons (Fsp3) is 0.429. The molecule has 1 aromatic rings. The quantitative estimate of drug-likeness (QED) is 0.492. The van der Waals surface area contributed by atoms with Gasteiger partial charge in [-0.1, -0.05) is 19.8 Å². The molecule has 2 N–H and O–H groups in total. The predicted molar refractivity (Wildman–Crippen MR) is 70.1 cm³/mol. The molecule has 0 spiro atoms. The minimum Gasteiger partial charge on any atom is -0.462 e. The lowest BCUT2D eigenvalue weighted by Crippen LogP contribution is -2.10. The number of nitriles is 1. The summed E-state index contributed by atoms with van der Waals surface area (Å²) in [5.41, 5.74) is 7.63. The summed E-state index contributed by atoms with van der Waals surface area (Å²) in [6, 6.07) is 5.14. The molecule has 1 aromatic carbocycles. The van der Waals surface area contributed by atoms with Crippen molar-refractivity contribution in [2.24, 2.45) is 0 Å². The van der Waals surface area contributed by atoms with E-state index in [1.165, 1.54) is 6.07 Å². The van der Waals surface area contributed by atoms with Gasteiger partial charge >= 0.3 is 5.97 Å². The number of benzene rings is 1. The van der Waals surface area contributed by atoms with Crippen LogP contribution in [0.4, 0.5) is 5.69 Å². The van der Waals surface area contributed by atoms with Gasteiger partial charge in [0, 0.05) is 5.69 Å². The third-order valence-electron chi connectivity index (χ3n) is 2.72. The molecule has 0 radical (unpaired) electrons. The monoisotopic (exact) mass is 246 g/mol. The molecule has 0 aliphatic heterocycles. The number of unbranched alkanes of at least 4 members (excludes halogenated alkanes) is 2. The van der Waals surface area contributed by atoms with Gasteiger partial charge in [-0.15, -0.1) is 0 Å². The number of nitrogens with two attached hydrogens (primary N) is 1. The summed E-state index contributed by atoms with van der Waals surface area (Å²) in [5.74, 6) is -0.455. The molecule has 0 saturated heterocycles. The van der Waals surface area contributed by atoms with Crippen molar-refractivity contribution in [3.8, 4) is 6.07 Å². The number of rotatable bonds is 5. The molecule has 0 aliphatic rings. The maximum atomic E-state index is 11.8. The van der Waals surface area contributed by atoms with Gasteiger partial charge in [0.15, 0.2) is 0 Å². The van der Waals surface area contributed by atoms with Crippen molar-refractivity contribution in [1.29, 1.82) is 5.26 Å². The van der Waals surface area contributed by atoms with Gasteiger partial charge in [-0.2, -0.15) is 5.26 Å². The number of nitrogen functional groups attached to an aromatic ring is 1. The van der Waals surface area contributed by atoms with E-state index in [-0.39, 0.29) is 5.56 Å². The Morgan fingerprint density at radius 3 is 2.78 bits per heavy atom. The Morgan fingerprint density at radius 1 is 1.44 bits per heavy atom. The molecule has 0 saturated carbocycles. The molecule has 96 valence electrons. The number of nitrogens with zero attached hydrogens (tertiary/aromatic N) is 1. The summed E-state index contributed by atoms with van der Waals surface area (Å²) in [6.45, 7) is 4.24. The summed E-state index contributed by atoms with van der Waals surface area (Å²) < 4.78 is 5.14. The highest BCUT2D eigenvalue weighted by Crippen LogP contribution is 2.20. The fourth-order valence-electron chi connectivity index (χ4n) is 1.63. The lowest BCUT2D eigenvalue weighted by atomic mass is 10.0. The van der Waals surface area contributed by atoms with Crippen LogP contribution in [0.3, 0.4) is 0 Å². The predicted octanol–water partition coefficient (Wildman–Crippen LogP) is 2.80. The second-order valence-electron chi connectivity index (χ2n) is 4.21. The summed E-state index contributed by atoms with van der Waals surface area (Å²) in [6.07, 6.45) is 2.95. The first kappa shape index (κ1) is 14.0. The highest BCUT2D eigenvalue weighted by Gasteiger charge is 2.14. The first-order valence-electron chi connectivity index (χ1n) is 6.07. The van der Waals surface area contributed by atoms with Crippen LogP contribution in [0.15, 0.2) is 12.1 Å². The fourth-order valence-corrected chi connectivity index (χ4v) is 1.63. The van der Waals surface area contributed by atoms with Crippen LogP contribution in [-0.4, -0.2) is 12.6 Å². The number of carbonyl (C=O) groups excluding carboxylic acids is 1. The van der Waals surface area contributed by atoms with E-state index in [4.69, 9.17) is 15.7 Å². The third kappa shape index (κ3) is 3.49. The molecule has 18 heavy (non-hydrogen) atoms. The molecule has 0 heterocycles. The number of ether oxygens (including phenoxy) is 1. The Morgan fingerprint density at radius 2 is 2.17 bits per heavy atom. The van der Waals surface area contributed by atoms with Gasteiger partial charge in [-0.3, -0.25) is 0 Å². The van der Waals surface area contributed by atoms with Gasteiger partial charge in [-0.25, -0.2) is 4.79 Å². The van der Waals surface area contributed by atoms with Crippen molar-refractivity contribution in [2.45, 2.75) is 33.1 Å². The van der Waals surface area contributed by atoms with Gasteiger partial charge in [0.1, 0.15) is 0 Å². The van der Waals surface area contributed by atoms with Gasteiger partial charge in [0.2, 0.25) is 0 Å². The highest BCUT2D eigenvalue weighted by atomic mass is 16.5. The van der Waals surface area contributed by atoms with Crippen LogP contribution in [0.25, 0.3) is 0 Å². The van der Waals surface area contributed by atoms with E-state index in [0.29, 0.717) is 17.9 Å². The standard InChI is InChI=1S/C14H18N2O2/c1-3-4-5-6-18-14(17)12-8-11(9-15)7-10(2)13(12)16/h7-8H,3-6,16H2,1-2H3. The van der Waals surface area contributed by atoms with Crippen LogP contribution in [-0.2, 0) is 4.74 Å². The summed E-state index contributed by atoms with van der Waals surface area (Å²) in [5, 5.41) is 8.86. The Bertz CT molecular complexity index is 475. The third-order valence-corrected chi connectivity index (χ3v) is 2.72. The number of carbonyl (C=O) groups is 1. The molecule has 0 amide bonds. The number of esters is 1.